The minimum atomic E-state index is -0.549. The number of hydrogen-bond donors (Lipinski definition) is 3. The number of aliphatic hydroxyl groups is 1. The van der Waals surface area contributed by atoms with Gasteiger partial charge in [0, 0.05) is 6.54 Å². The van der Waals surface area contributed by atoms with Gasteiger partial charge in [0.25, 0.3) is 0 Å². The zero-order chi connectivity index (χ0) is 14.3. The van der Waals surface area contributed by atoms with Gasteiger partial charge in [0.2, 0.25) is 0 Å². The van der Waals surface area contributed by atoms with Gasteiger partial charge in [-0.15, -0.1) is 0 Å². The highest BCUT2D eigenvalue weighted by Gasteiger charge is 2.24. The second-order valence-electron chi connectivity index (χ2n) is 5.26. The van der Waals surface area contributed by atoms with Crippen LogP contribution in [0.5, 0.6) is 0 Å². The van der Waals surface area contributed by atoms with Gasteiger partial charge in [-0.05, 0) is 25.8 Å². The Morgan fingerprint density at radius 1 is 1.32 bits per heavy atom. The van der Waals surface area contributed by atoms with Crippen molar-refractivity contribution in [2.45, 2.75) is 45.7 Å². The SMILES string of the molecule is CCCC(C)(CO)NC(=O)NCc1ccc(C)cc1. The van der Waals surface area contributed by atoms with Crippen LogP contribution in [-0.2, 0) is 6.54 Å². The van der Waals surface area contributed by atoms with E-state index < -0.39 is 5.54 Å². The monoisotopic (exact) mass is 264 g/mol. The highest BCUT2D eigenvalue weighted by molar-refractivity contribution is 5.74. The molecule has 0 bridgehead atoms. The molecule has 0 radical (unpaired) electrons. The first kappa shape index (κ1) is 15.5. The third-order valence-electron chi connectivity index (χ3n) is 3.14. The van der Waals surface area contributed by atoms with Crippen LogP contribution in [0.1, 0.15) is 37.8 Å². The topological polar surface area (TPSA) is 61.4 Å². The minimum absolute atomic E-state index is 0.0568. The molecule has 106 valence electrons. The first-order valence-corrected chi connectivity index (χ1v) is 6.71. The van der Waals surface area contributed by atoms with Gasteiger partial charge in [0.15, 0.2) is 0 Å². The van der Waals surface area contributed by atoms with Gasteiger partial charge in [0.1, 0.15) is 0 Å². The molecule has 1 rings (SSSR count). The lowest BCUT2D eigenvalue weighted by Crippen LogP contribution is -2.52. The fourth-order valence-corrected chi connectivity index (χ4v) is 1.94. The van der Waals surface area contributed by atoms with Gasteiger partial charge in [-0.2, -0.15) is 0 Å². The molecule has 2 amide bonds. The third kappa shape index (κ3) is 5.30. The molecule has 0 aliphatic carbocycles. The van der Waals surface area contributed by atoms with E-state index in [1.165, 1.54) is 5.56 Å². The van der Waals surface area contributed by atoms with E-state index in [0.717, 1.165) is 18.4 Å². The molecule has 19 heavy (non-hydrogen) atoms. The number of nitrogens with one attached hydrogen (secondary N) is 2. The Balaban J connectivity index is 2.45. The molecule has 0 aliphatic rings. The van der Waals surface area contributed by atoms with Crippen molar-refractivity contribution >= 4 is 6.03 Å². The van der Waals surface area contributed by atoms with E-state index in [9.17, 15) is 9.90 Å². The standard InChI is InChI=1S/C15H24N2O2/c1-4-9-15(3,11-18)17-14(19)16-10-13-7-5-12(2)6-8-13/h5-8,18H,4,9-11H2,1-3H3,(H2,16,17,19). The van der Waals surface area contributed by atoms with E-state index in [4.69, 9.17) is 0 Å². The lowest BCUT2D eigenvalue weighted by molar-refractivity contribution is 0.163. The highest BCUT2D eigenvalue weighted by Crippen LogP contribution is 2.11. The lowest BCUT2D eigenvalue weighted by atomic mass is 9.98. The summed E-state index contributed by atoms with van der Waals surface area (Å²) in [4.78, 5) is 11.8. The van der Waals surface area contributed by atoms with E-state index in [2.05, 4.69) is 10.6 Å². The molecule has 1 aromatic rings. The summed E-state index contributed by atoms with van der Waals surface area (Å²) < 4.78 is 0. The molecule has 1 aromatic carbocycles. The van der Waals surface area contributed by atoms with Crippen molar-refractivity contribution in [3.63, 3.8) is 0 Å². The molecule has 0 saturated heterocycles. The Morgan fingerprint density at radius 2 is 1.95 bits per heavy atom. The molecule has 0 fully saturated rings. The lowest BCUT2D eigenvalue weighted by Gasteiger charge is -2.28. The summed E-state index contributed by atoms with van der Waals surface area (Å²) in [6.45, 7) is 6.33. The Hall–Kier alpha value is -1.55. The molecule has 0 aromatic heterocycles. The smallest absolute Gasteiger partial charge is 0.315 e. The zero-order valence-corrected chi connectivity index (χ0v) is 12.0. The first-order chi connectivity index (χ1) is 8.99. The Bertz CT molecular complexity index is 403. The largest absolute Gasteiger partial charge is 0.394 e. The number of carbonyl (C=O) groups excluding carboxylic acids is 1. The number of hydrogen-bond acceptors (Lipinski definition) is 2. The van der Waals surface area contributed by atoms with Gasteiger partial charge in [-0.3, -0.25) is 0 Å². The summed E-state index contributed by atoms with van der Waals surface area (Å²) >= 11 is 0. The van der Waals surface area contributed by atoms with E-state index in [1.54, 1.807) is 0 Å². The number of urea groups is 1. The van der Waals surface area contributed by atoms with Crippen molar-refractivity contribution in [2.24, 2.45) is 0 Å². The summed E-state index contributed by atoms with van der Waals surface area (Å²) in [5, 5.41) is 15.0. The van der Waals surface area contributed by atoms with Crippen LogP contribution in [-0.4, -0.2) is 23.3 Å². The van der Waals surface area contributed by atoms with Crippen LogP contribution >= 0.6 is 0 Å². The molecular formula is C15H24N2O2. The summed E-state index contributed by atoms with van der Waals surface area (Å²) in [5.41, 5.74) is 1.71. The number of amides is 2. The van der Waals surface area contributed by atoms with Gasteiger partial charge >= 0.3 is 6.03 Å². The van der Waals surface area contributed by atoms with Crippen LogP contribution in [0.2, 0.25) is 0 Å². The van der Waals surface area contributed by atoms with E-state index in [-0.39, 0.29) is 12.6 Å². The maximum atomic E-state index is 11.8. The van der Waals surface area contributed by atoms with E-state index in [0.29, 0.717) is 6.54 Å². The first-order valence-electron chi connectivity index (χ1n) is 6.71. The number of benzene rings is 1. The van der Waals surface area contributed by atoms with Crippen LogP contribution in [0.15, 0.2) is 24.3 Å². The Morgan fingerprint density at radius 3 is 2.47 bits per heavy atom. The normalized spacial score (nSPS) is 13.7. The average molecular weight is 264 g/mol. The minimum Gasteiger partial charge on any atom is -0.394 e. The van der Waals surface area contributed by atoms with E-state index in [1.807, 2.05) is 45.0 Å². The summed E-state index contributed by atoms with van der Waals surface area (Å²) in [5.74, 6) is 0. The molecule has 0 aliphatic heterocycles. The Kier molecular flexibility index (Phi) is 5.83. The Labute approximate surface area is 115 Å². The average Bonchev–Trinajstić information content (AvgIpc) is 2.38. The quantitative estimate of drug-likeness (QED) is 0.738. The van der Waals surface area contributed by atoms with Gasteiger partial charge < -0.3 is 15.7 Å². The molecular weight excluding hydrogens is 240 g/mol. The second-order valence-corrected chi connectivity index (χ2v) is 5.26. The molecule has 1 unspecified atom stereocenters. The van der Waals surface area contributed by atoms with Gasteiger partial charge in [-0.1, -0.05) is 43.2 Å². The summed E-state index contributed by atoms with van der Waals surface area (Å²) in [6.07, 6.45) is 1.66. The number of rotatable bonds is 6. The molecule has 0 spiro atoms. The maximum Gasteiger partial charge on any atom is 0.315 e. The van der Waals surface area contributed by atoms with Crippen molar-refractivity contribution < 1.29 is 9.90 Å². The fraction of sp³-hybridized carbons (Fsp3) is 0.533. The van der Waals surface area contributed by atoms with Crippen LogP contribution in [0.3, 0.4) is 0 Å². The van der Waals surface area contributed by atoms with Crippen molar-refractivity contribution in [2.75, 3.05) is 6.61 Å². The van der Waals surface area contributed by atoms with Crippen LogP contribution < -0.4 is 10.6 Å². The van der Waals surface area contributed by atoms with E-state index >= 15 is 0 Å². The second kappa shape index (κ2) is 7.14. The number of carbonyl (C=O) groups is 1. The molecule has 0 saturated carbocycles. The van der Waals surface area contributed by atoms with Crippen LogP contribution in [0.25, 0.3) is 0 Å². The molecule has 4 nitrogen and oxygen atoms in total. The zero-order valence-electron chi connectivity index (χ0n) is 12.0. The van der Waals surface area contributed by atoms with Crippen molar-refractivity contribution in [3.05, 3.63) is 35.4 Å². The van der Waals surface area contributed by atoms with Crippen molar-refractivity contribution in [3.8, 4) is 0 Å². The molecule has 0 heterocycles. The summed E-state index contributed by atoms with van der Waals surface area (Å²) in [6, 6.07) is 7.78. The van der Waals surface area contributed by atoms with Crippen molar-refractivity contribution in [1.82, 2.24) is 10.6 Å². The molecule has 1 atom stereocenters. The fourth-order valence-electron chi connectivity index (χ4n) is 1.94. The molecule has 4 heteroatoms. The molecule has 3 N–H and O–H groups in total. The van der Waals surface area contributed by atoms with Crippen LogP contribution in [0, 0.1) is 6.92 Å². The third-order valence-corrected chi connectivity index (χ3v) is 3.14. The van der Waals surface area contributed by atoms with Gasteiger partial charge in [0.05, 0.1) is 12.1 Å². The predicted octanol–water partition coefficient (Wildman–Crippen LogP) is 2.35. The predicted molar refractivity (Wildman–Crippen MR) is 76.9 cm³/mol. The van der Waals surface area contributed by atoms with Crippen molar-refractivity contribution in [1.29, 1.82) is 0 Å². The number of aliphatic hydroxyl groups excluding tert-OH is 1. The van der Waals surface area contributed by atoms with Crippen LogP contribution in [0.4, 0.5) is 4.79 Å². The number of aryl methyl sites for hydroxylation is 1. The highest BCUT2D eigenvalue weighted by atomic mass is 16.3. The maximum absolute atomic E-state index is 11.8. The van der Waals surface area contributed by atoms with Gasteiger partial charge in [-0.25, -0.2) is 4.79 Å². The summed E-state index contributed by atoms with van der Waals surface area (Å²) in [7, 11) is 0.